The number of hydrogen-bond donors (Lipinski definition) is 3. The van der Waals surface area contributed by atoms with Gasteiger partial charge in [-0.3, -0.25) is 24.1 Å². The van der Waals surface area contributed by atoms with Crippen molar-refractivity contribution in [2.24, 2.45) is 23.5 Å². The maximum absolute atomic E-state index is 14.1. The van der Waals surface area contributed by atoms with Crippen LogP contribution in [0.2, 0.25) is 0 Å². The molecule has 0 aliphatic carbocycles. The molecule has 12 nitrogen and oxygen atoms in total. The molecular formula is C38H66N6O6. The smallest absolute Gasteiger partial charge is 0.246 e. The Morgan fingerprint density at radius 1 is 0.980 bits per heavy atom. The minimum atomic E-state index is -0.959. The van der Waals surface area contributed by atoms with Gasteiger partial charge in [-0.15, -0.1) is 0 Å². The van der Waals surface area contributed by atoms with E-state index in [2.05, 4.69) is 10.6 Å². The zero-order valence-electron chi connectivity index (χ0n) is 32.5. The van der Waals surface area contributed by atoms with E-state index in [0.29, 0.717) is 13.1 Å². The number of methoxy groups -OCH3 is 2. The van der Waals surface area contributed by atoms with Gasteiger partial charge in [0.2, 0.25) is 23.6 Å². The molecule has 1 aliphatic rings. The quantitative estimate of drug-likeness (QED) is 0.188. The maximum atomic E-state index is 14.1. The van der Waals surface area contributed by atoms with Crippen LogP contribution in [-0.2, 0) is 35.1 Å². The number of hydrogen-bond acceptors (Lipinski definition) is 8. The Balaban J connectivity index is 2.21. The second kappa shape index (κ2) is 20.7. The van der Waals surface area contributed by atoms with Crippen LogP contribution in [0.1, 0.15) is 72.8 Å². The summed E-state index contributed by atoms with van der Waals surface area (Å²) in [4.78, 5) is 60.0. The van der Waals surface area contributed by atoms with Crippen molar-refractivity contribution in [3.8, 4) is 0 Å². The van der Waals surface area contributed by atoms with Gasteiger partial charge in [0.15, 0.2) is 0 Å². The Bertz CT molecular complexity index is 1210. The second-order valence-corrected chi connectivity index (χ2v) is 14.6. The third-order valence-corrected chi connectivity index (χ3v) is 10.4. The van der Waals surface area contributed by atoms with E-state index < -0.39 is 42.3 Å². The summed E-state index contributed by atoms with van der Waals surface area (Å²) in [6, 6.07) is 7.20. The first-order chi connectivity index (χ1) is 23.6. The van der Waals surface area contributed by atoms with Gasteiger partial charge in [0.1, 0.15) is 6.04 Å². The molecule has 1 saturated heterocycles. The van der Waals surface area contributed by atoms with E-state index in [1.807, 2.05) is 88.8 Å². The summed E-state index contributed by atoms with van der Waals surface area (Å²) < 4.78 is 11.9. The molecule has 1 aliphatic heterocycles. The molecule has 0 spiro atoms. The van der Waals surface area contributed by atoms with E-state index in [-0.39, 0.29) is 47.9 Å². The fourth-order valence-electron chi connectivity index (χ4n) is 7.45. The first-order valence-electron chi connectivity index (χ1n) is 18.3. The van der Waals surface area contributed by atoms with Crippen molar-refractivity contribution in [1.29, 1.82) is 0 Å². The molecular weight excluding hydrogens is 636 g/mol. The van der Waals surface area contributed by atoms with Crippen molar-refractivity contribution in [3.63, 3.8) is 0 Å². The third-order valence-electron chi connectivity index (χ3n) is 10.4. The van der Waals surface area contributed by atoms with Crippen molar-refractivity contribution in [1.82, 2.24) is 25.3 Å². The van der Waals surface area contributed by atoms with E-state index >= 15 is 0 Å². The van der Waals surface area contributed by atoms with Gasteiger partial charge in [0.05, 0.1) is 42.7 Å². The summed E-state index contributed by atoms with van der Waals surface area (Å²) in [5.41, 5.74) is 7.45. The van der Waals surface area contributed by atoms with Gasteiger partial charge in [0.25, 0.3) is 0 Å². The number of likely N-dealkylation sites (N-methyl/N-ethyl adjacent to an activating group) is 2. The molecule has 1 heterocycles. The average Bonchev–Trinajstić information content (AvgIpc) is 3.56. The van der Waals surface area contributed by atoms with Gasteiger partial charge in [-0.25, -0.2) is 0 Å². The van der Waals surface area contributed by atoms with E-state index in [0.717, 1.165) is 31.2 Å². The third kappa shape index (κ3) is 11.5. The van der Waals surface area contributed by atoms with Gasteiger partial charge < -0.3 is 35.6 Å². The summed E-state index contributed by atoms with van der Waals surface area (Å²) >= 11 is 0. The van der Waals surface area contributed by atoms with Crippen LogP contribution in [-0.4, -0.2) is 129 Å². The summed E-state index contributed by atoms with van der Waals surface area (Å²) in [7, 11) is 8.51. The number of nitrogens with zero attached hydrogens (tertiary/aromatic N) is 3. The number of carbonyl (C=O) groups excluding carboxylic acids is 4. The topological polar surface area (TPSA) is 147 Å². The SMILES string of the molecule is CCC(C)C(C(CC(=O)N1CCC[C@H]1C(OC)C(C)C(=O)NCCc1ccccc1)OC)N(C)C(=O)C(NC(=O)C(C(C)C)N(C)C)C(C)N. The van der Waals surface area contributed by atoms with Crippen LogP contribution in [0, 0.1) is 17.8 Å². The number of rotatable bonds is 20. The molecule has 0 aromatic heterocycles. The number of nitrogens with two attached hydrogens (primary N) is 1. The molecule has 1 aromatic carbocycles. The molecule has 0 bridgehead atoms. The highest BCUT2D eigenvalue weighted by atomic mass is 16.5. The lowest BCUT2D eigenvalue weighted by atomic mass is 9.89. The number of benzene rings is 1. The number of likely N-dealkylation sites (tertiary alicyclic amines) is 1. The highest BCUT2D eigenvalue weighted by Gasteiger charge is 2.43. The maximum Gasteiger partial charge on any atom is 0.246 e. The van der Waals surface area contributed by atoms with Gasteiger partial charge in [-0.2, -0.15) is 0 Å². The molecule has 4 amide bonds. The largest absolute Gasteiger partial charge is 0.379 e. The summed E-state index contributed by atoms with van der Waals surface area (Å²) in [6.45, 7) is 12.6. The first-order valence-corrected chi connectivity index (χ1v) is 18.3. The molecule has 9 atom stereocenters. The lowest BCUT2D eigenvalue weighted by Crippen LogP contribution is -2.62. The molecule has 12 heteroatoms. The predicted octanol–water partition coefficient (Wildman–Crippen LogP) is 2.68. The molecule has 2 rings (SSSR count). The fourth-order valence-corrected chi connectivity index (χ4v) is 7.45. The number of carbonyl (C=O) groups is 4. The van der Waals surface area contributed by atoms with Gasteiger partial charge in [-0.05, 0) is 57.7 Å². The average molecular weight is 703 g/mol. The Morgan fingerprint density at radius 2 is 1.62 bits per heavy atom. The Hall–Kier alpha value is -3.06. The molecule has 1 fully saturated rings. The van der Waals surface area contributed by atoms with Crippen LogP contribution in [0.5, 0.6) is 0 Å². The number of ether oxygens (including phenoxy) is 2. The Morgan fingerprint density at radius 3 is 2.14 bits per heavy atom. The Kier molecular flexibility index (Phi) is 17.9. The summed E-state index contributed by atoms with van der Waals surface area (Å²) in [5.74, 6) is -1.31. The predicted molar refractivity (Wildman–Crippen MR) is 197 cm³/mol. The van der Waals surface area contributed by atoms with Crippen molar-refractivity contribution in [2.75, 3.05) is 48.5 Å². The second-order valence-electron chi connectivity index (χ2n) is 14.6. The van der Waals surface area contributed by atoms with E-state index in [9.17, 15) is 19.2 Å². The van der Waals surface area contributed by atoms with Crippen molar-refractivity contribution >= 4 is 23.6 Å². The van der Waals surface area contributed by atoms with Gasteiger partial charge in [-0.1, -0.05) is 71.4 Å². The van der Waals surface area contributed by atoms with Gasteiger partial charge >= 0.3 is 0 Å². The van der Waals surface area contributed by atoms with Crippen LogP contribution < -0.4 is 16.4 Å². The molecule has 4 N–H and O–H groups in total. The fraction of sp³-hybridized carbons (Fsp3) is 0.737. The van der Waals surface area contributed by atoms with Crippen LogP contribution in [0.25, 0.3) is 0 Å². The molecule has 1 aromatic rings. The first kappa shape index (κ1) is 43.1. The summed E-state index contributed by atoms with van der Waals surface area (Å²) in [5, 5.41) is 5.96. The molecule has 50 heavy (non-hydrogen) atoms. The molecule has 284 valence electrons. The summed E-state index contributed by atoms with van der Waals surface area (Å²) in [6.07, 6.45) is 1.90. The highest BCUT2D eigenvalue weighted by molar-refractivity contribution is 5.90. The van der Waals surface area contributed by atoms with Crippen LogP contribution in [0.15, 0.2) is 30.3 Å². The van der Waals surface area contributed by atoms with Crippen LogP contribution >= 0.6 is 0 Å². The van der Waals surface area contributed by atoms with E-state index in [4.69, 9.17) is 15.2 Å². The Labute approximate surface area is 301 Å². The molecule has 0 saturated carbocycles. The minimum absolute atomic E-state index is 0.0208. The van der Waals surface area contributed by atoms with Crippen molar-refractivity contribution in [2.45, 2.75) is 116 Å². The standard InChI is InChI=1S/C38H66N6O6/c1-12-25(4)34(43(9)38(48)32(27(6)39)41-37(47)33(24(2)3)42(7)8)30(49-10)23-31(45)44-22-16-19-29(44)35(50-11)26(5)36(46)40-21-20-28-17-14-13-15-18-28/h13-15,17-18,24-27,29-30,32-35H,12,16,19-23,39H2,1-11H3,(H,40,46)(H,41,47)/t25?,26?,27?,29-,30?,32?,33?,34?,35?/m0/s1. The van der Waals surface area contributed by atoms with Crippen molar-refractivity contribution in [3.05, 3.63) is 35.9 Å². The van der Waals surface area contributed by atoms with E-state index in [1.54, 1.807) is 33.1 Å². The molecule has 8 unspecified atom stereocenters. The van der Waals surface area contributed by atoms with Gasteiger partial charge in [0, 0.05) is 40.4 Å². The number of nitrogens with one attached hydrogen (secondary N) is 2. The normalized spacial score (nSPS) is 19.6. The van der Waals surface area contributed by atoms with Crippen LogP contribution in [0.4, 0.5) is 0 Å². The zero-order chi connectivity index (χ0) is 37.7. The number of amides is 4. The van der Waals surface area contributed by atoms with E-state index in [1.165, 1.54) is 0 Å². The lowest BCUT2D eigenvalue weighted by Gasteiger charge is -2.41. The van der Waals surface area contributed by atoms with Crippen molar-refractivity contribution < 1.29 is 28.7 Å². The monoisotopic (exact) mass is 703 g/mol. The lowest BCUT2D eigenvalue weighted by molar-refractivity contribution is -0.147. The molecule has 0 radical (unpaired) electrons. The highest BCUT2D eigenvalue weighted by Crippen LogP contribution is 2.29. The zero-order valence-corrected chi connectivity index (χ0v) is 32.5. The minimum Gasteiger partial charge on any atom is -0.379 e. The van der Waals surface area contributed by atoms with Crippen LogP contribution in [0.3, 0.4) is 0 Å².